The van der Waals surface area contributed by atoms with Crippen molar-refractivity contribution in [2.24, 2.45) is 5.16 Å². The van der Waals surface area contributed by atoms with E-state index in [1.165, 1.54) is 0 Å². The van der Waals surface area contributed by atoms with Crippen LogP contribution in [0.4, 0.5) is 4.39 Å². The van der Waals surface area contributed by atoms with Crippen LogP contribution in [0.5, 0.6) is 0 Å². The molecule has 0 aliphatic heterocycles. The Labute approximate surface area is 81.7 Å². The Morgan fingerprint density at radius 3 is 2.57 bits per heavy atom. The maximum Gasteiger partial charge on any atom is 0.358 e. The summed E-state index contributed by atoms with van der Waals surface area (Å²) in [5.74, 6) is 0. The molecule has 0 rings (SSSR count). The van der Waals surface area contributed by atoms with Crippen LogP contribution < -0.4 is 0 Å². The van der Waals surface area contributed by atoms with Gasteiger partial charge in [0, 0.05) is 0 Å². The van der Waals surface area contributed by atoms with Gasteiger partial charge in [0.2, 0.25) is 6.01 Å². The van der Waals surface area contributed by atoms with E-state index in [2.05, 4.69) is 9.44 Å². The van der Waals surface area contributed by atoms with Crippen LogP contribution in [0.2, 0.25) is 0 Å². The maximum atomic E-state index is 11.7. The number of halogens is 1. The molecular weight excluding hydrogens is 213 g/mol. The highest BCUT2D eigenvalue weighted by atomic mass is 32.2. The van der Waals surface area contributed by atoms with E-state index in [0.29, 0.717) is 0 Å². The number of hydrogen-bond donors (Lipinski definition) is 0. The molecule has 6 nitrogen and oxygen atoms in total. The fraction of sp³-hybridized carbons (Fsp3) is 0.667. The summed E-state index contributed by atoms with van der Waals surface area (Å²) in [6.45, 7) is 0.123. The van der Waals surface area contributed by atoms with E-state index in [1.807, 2.05) is 0 Å². The van der Waals surface area contributed by atoms with E-state index in [9.17, 15) is 12.8 Å². The molecule has 0 bridgehead atoms. The van der Waals surface area contributed by atoms with Crippen molar-refractivity contribution in [2.75, 3.05) is 26.6 Å². The van der Waals surface area contributed by atoms with Crippen LogP contribution >= 0.6 is 0 Å². The first kappa shape index (κ1) is 12.8. The quantitative estimate of drug-likeness (QED) is 0.472. The van der Waals surface area contributed by atoms with Gasteiger partial charge in [0.1, 0.15) is 6.07 Å². The highest BCUT2D eigenvalue weighted by molar-refractivity contribution is 7.86. The van der Waals surface area contributed by atoms with Crippen LogP contribution in [-0.2, 0) is 14.4 Å². The molecule has 0 fully saturated rings. The van der Waals surface area contributed by atoms with E-state index in [1.54, 1.807) is 25.1 Å². The van der Waals surface area contributed by atoms with Gasteiger partial charge in [-0.25, -0.2) is 4.39 Å². The number of nitriles is 1. The fourth-order valence-corrected chi connectivity index (χ4v) is 0.749. The second kappa shape index (κ2) is 5.51. The predicted octanol–water partition coefficient (Wildman–Crippen LogP) is -0.299. The monoisotopic (exact) mass is 223 g/mol. The molecule has 0 aromatic carbocycles. The predicted molar refractivity (Wildman–Crippen MR) is 47.6 cm³/mol. The van der Waals surface area contributed by atoms with Crippen molar-refractivity contribution in [1.82, 2.24) is 4.90 Å². The summed E-state index contributed by atoms with van der Waals surface area (Å²) >= 11 is 0. The molecule has 0 unspecified atom stereocenters. The molecule has 0 aliphatic rings. The standard InChI is InChI=1S/C6H10FN3O3S/c1-10(2)4-6(3-8)9-13-14(11,12)5-7/h4-5H2,1-2H3. The molecule has 0 saturated heterocycles. The molecule has 14 heavy (non-hydrogen) atoms. The molecule has 0 saturated carbocycles. The second-order valence-electron chi connectivity index (χ2n) is 2.63. The van der Waals surface area contributed by atoms with Gasteiger partial charge >= 0.3 is 10.1 Å². The minimum Gasteiger partial charge on any atom is -0.303 e. The Hall–Kier alpha value is -1.20. The van der Waals surface area contributed by atoms with Crippen molar-refractivity contribution in [3.8, 4) is 6.07 Å². The molecule has 0 N–H and O–H groups in total. The third kappa shape index (κ3) is 5.45. The molecule has 0 amide bonds. The zero-order chi connectivity index (χ0) is 11.2. The second-order valence-corrected chi connectivity index (χ2v) is 4.11. The highest BCUT2D eigenvalue weighted by Crippen LogP contribution is 1.95. The van der Waals surface area contributed by atoms with Gasteiger partial charge in [-0.15, -0.1) is 0 Å². The lowest BCUT2D eigenvalue weighted by atomic mass is 10.4. The average Bonchev–Trinajstić information content (AvgIpc) is 2.12. The summed E-state index contributed by atoms with van der Waals surface area (Å²) in [7, 11) is -0.958. The lowest BCUT2D eigenvalue weighted by molar-refractivity contribution is 0.324. The van der Waals surface area contributed by atoms with E-state index in [0.717, 1.165) is 0 Å². The Bertz CT molecular complexity index is 344. The Morgan fingerprint density at radius 1 is 1.64 bits per heavy atom. The summed E-state index contributed by atoms with van der Waals surface area (Å²) in [6, 6.07) is -0.0430. The van der Waals surface area contributed by atoms with Crippen molar-refractivity contribution in [3.05, 3.63) is 0 Å². The maximum absolute atomic E-state index is 11.7. The summed E-state index contributed by atoms with van der Waals surface area (Å²) in [6.07, 6.45) is 0. The first-order valence-corrected chi connectivity index (χ1v) is 5.08. The van der Waals surface area contributed by atoms with Gasteiger partial charge in [0.15, 0.2) is 5.71 Å². The van der Waals surface area contributed by atoms with Gasteiger partial charge in [0.05, 0.1) is 6.54 Å². The number of hydrogen-bond acceptors (Lipinski definition) is 6. The van der Waals surface area contributed by atoms with Gasteiger partial charge in [-0.05, 0) is 14.1 Å². The molecule has 0 aliphatic carbocycles. The van der Waals surface area contributed by atoms with Crippen LogP contribution in [-0.4, -0.2) is 45.7 Å². The molecule has 0 atom stereocenters. The topological polar surface area (TPSA) is 82.8 Å². The van der Waals surface area contributed by atoms with E-state index in [4.69, 9.17) is 5.26 Å². The number of alkyl halides is 1. The molecule has 8 heteroatoms. The zero-order valence-corrected chi connectivity index (χ0v) is 8.58. The molecule has 0 aromatic heterocycles. The normalized spacial score (nSPS) is 12.6. The van der Waals surface area contributed by atoms with Crippen LogP contribution in [0.15, 0.2) is 5.16 Å². The smallest absolute Gasteiger partial charge is 0.303 e. The van der Waals surface area contributed by atoms with Crippen LogP contribution in [0.3, 0.4) is 0 Å². The van der Waals surface area contributed by atoms with Crippen molar-refractivity contribution >= 4 is 15.8 Å². The van der Waals surface area contributed by atoms with Crippen LogP contribution in [0, 0.1) is 11.3 Å². The summed E-state index contributed by atoms with van der Waals surface area (Å²) in [4.78, 5) is 1.59. The van der Waals surface area contributed by atoms with Crippen molar-refractivity contribution in [2.45, 2.75) is 0 Å². The van der Waals surface area contributed by atoms with Crippen molar-refractivity contribution in [1.29, 1.82) is 5.26 Å². The minimum absolute atomic E-state index is 0.123. The van der Waals surface area contributed by atoms with Gasteiger partial charge in [-0.2, -0.15) is 13.7 Å². The first-order valence-electron chi connectivity index (χ1n) is 3.50. The van der Waals surface area contributed by atoms with Crippen molar-refractivity contribution < 1.29 is 17.1 Å². The molecular formula is C6H10FN3O3S. The highest BCUT2D eigenvalue weighted by Gasteiger charge is 2.11. The third-order valence-electron chi connectivity index (χ3n) is 0.990. The number of nitrogens with zero attached hydrogens (tertiary/aromatic N) is 3. The lowest BCUT2D eigenvalue weighted by Gasteiger charge is -2.05. The van der Waals surface area contributed by atoms with E-state index in [-0.39, 0.29) is 12.3 Å². The average molecular weight is 223 g/mol. The van der Waals surface area contributed by atoms with E-state index < -0.39 is 16.1 Å². The fourth-order valence-electron chi connectivity index (χ4n) is 0.506. The summed E-state index contributed by atoms with van der Waals surface area (Å²) in [5.41, 5.74) is -0.146. The third-order valence-corrected chi connectivity index (χ3v) is 1.56. The number of oxime groups is 1. The van der Waals surface area contributed by atoms with E-state index >= 15 is 0 Å². The van der Waals surface area contributed by atoms with Gasteiger partial charge in [0.25, 0.3) is 0 Å². The summed E-state index contributed by atoms with van der Waals surface area (Å²) in [5, 5.41) is 11.5. The Kier molecular flexibility index (Phi) is 5.04. The lowest BCUT2D eigenvalue weighted by Crippen LogP contribution is -2.21. The molecule has 0 aromatic rings. The first-order chi connectivity index (χ1) is 6.41. The molecule has 0 heterocycles. The van der Waals surface area contributed by atoms with Gasteiger partial charge in [-0.1, -0.05) is 5.16 Å². The SMILES string of the molecule is CN(C)CC(C#N)=NOS(=O)(=O)CF. The van der Waals surface area contributed by atoms with Crippen LogP contribution in [0.1, 0.15) is 0 Å². The van der Waals surface area contributed by atoms with Crippen LogP contribution in [0.25, 0.3) is 0 Å². The molecule has 0 spiro atoms. The van der Waals surface area contributed by atoms with Gasteiger partial charge in [-0.3, -0.25) is 4.28 Å². The molecule has 80 valence electrons. The minimum atomic E-state index is -4.28. The van der Waals surface area contributed by atoms with Gasteiger partial charge < -0.3 is 4.90 Å². The number of rotatable bonds is 5. The molecule has 0 radical (unpaired) electrons. The van der Waals surface area contributed by atoms with Crippen molar-refractivity contribution in [3.63, 3.8) is 0 Å². The zero-order valence-electron chi connectivity index (χ0n) is 7.77. The Morgan fingerprint density at radius 2 is 2.21 bits per heavy atom. The summed E-state index contributed by atoms with van der Waals surface area (Å²) < 4.78 is 36.5. The Balaban J connectivity index is 4.43. The largest absolute Gasteiger partial charge is 0.358 e.